The Hall–Kier alpha value is -4.36. The van der Waals surface area contributed by atoms with E-state index in [0.717, 1.165) is 34.0 Å². The van der Waals surface area contributed by atoms with Gasteiger partial charge in [-0.25, -0.2) is 4.98 Å². The lowest BCUT2D eigenvalue weighted by atomic mass is 10.2. The molecule has 54 heavy (non-hydrogen) atoms. The monoisotopic (exact) mass is 782 g/mol. The van der Waals surface area contributed by atoms with Gasteiger partial charge < -0.3 is 28.7 Å². The van der Waals surface area contributed by atoms with Crippen LogP contribution < -0.4 is 14.8 Å². The van der Waals surface area contributed by atoms with Crippen molar-refractivity contribution in [2.45, 2.75) is 74.8 Å². The summed E-state index contributed by atoms with van der Waals surface area (Å²) < 4.78 is 31.7. The molecule has 12 nitrogen and oxygen atoms in total. The zero-order chi connectivity index (χ0) is 39.2. The fraction of sp³-hybridized carbons (Fsp3) is 0.450. The molecular weight excluding hydrogens is 731 g/mol. The molecule has 0 saturated carbocycles. The van der Waals surface area contributed by atoms with E-state index in [4.69, 9.17) is 46.6 Å². The number of aromatic nitrogens is 5. The maximum absolute atomic E-state index is 12.5. The maximum Gasteiger partial charge on any atom is 0.271 e. The number of oxazole rings is 1. The van der Waals surface area contributed by atoms with Crippen molar-refractivity contribution in [3.8, 4) is 23.1 Å². The molecule has 0 aliphatic carbocycles. The Bertz CT molecular complexity index is 1900. The van der Waals surface area contributed by atoms with Crippen molar-refractivity contribution < 1.29 is 28.2 Å². The molecule has 292 valence electrons. The van der Waals surface area contributed by atoms with Gasteiger partial charge in [-0.2, -0.15) is 10.2 Å². The summed E-state index contributed by atoms with van der Waals surface area (Å²) in [5, 5.41) is 13.2. The average Bonchev–Trinajstić information content (AvgIpc) is 3.88. The van der Waals surface area contributed by atoms with Crippen molar-refractivity contribution in [1.82, 2.24) is 29.9 Å². The third-order valence-corrected chi connectivity index (χ3v) is 8.28. The molecule has 5 aromatic rings. The SMILES string of the molecule is CCOC(CNC(=O)c1cc(C)n(Cc2cc(Cl)ccc2OCC(C)C)n1)OCC.Cc1cc(-c2ncco2)nn1Cc1cc(Cl)ccc1OCC(C)C. The number of hydrogen-bond donors (Lipinski definition) is 1. The molecule has 0 atom stereocenters. The number of benzene rings is 2. The third kappa shape index (κ3) is 12.9. The van der Waals surface area contributed by atoms with Crippen molar-refractivity contribution >= 4 is 29.1 Å². The van der Waals surface area contributed by atoms with E-state index >= 15 is 0 Å². The molecule has 0 aliphatic heterocycles. The van der Waals surface area contributed by atoms with E-state index in [2.05, 4.69) is 48.2 Å². The first kappa shape index (κ1) is 42.4. The average molecular weight is 784 g/mol. The van der Waals surface area contributed by atoms with Crippen LogP contribution in [0.3, 0.4) is 0 Å². The molecule has 3 heterocycles. The lowest BCUT2D eigenvalue weighted by Gasteiger charge is -2.16. The van der Waals surface area contributed by atoms with Crippen LogP contribution >= 0.6 is 23.2 Å². The minimum absolute atomic E-state index is 0.258. The van der Waals surface area contributed by atoms with E-state index in [0.29, 0.717) is 78.7 Å². The van der Waals surface area contributed by atoms with Crippen LogP contribution in [0.4, 0.5) is 0 Å². The zero-order valence-electron chi connectivity index (χ0n) is 32.4. The van der Waals surface area contributed by atoms with E-state index in [1.165, 1.54) is 0 Å². The lowest BCUT2D eigenvalue weighted by Crippen LogP contribution is -2.35. The van der Waals surface area contributed by atoms with E-state index in [1.807, 2.05) is 74.8 Å². The number of aryl methyl sites for hydroxylation is 2. The highest BCUT2D eigenvalue weighted by molar-refractivity contribution is 6.31. The van der Waals surface area contributed by atoms with Crippen molar-refractivity contribution in [3.05, 3.63) is 99.2 Å². The number of hydrogen-bond acceptors (Lipinski definition) is 9. The summed E-state index contributed by atoms with van der Waals surface area (Å²) in [6.45, 7) is 19.7. The molecule has 2 aromatic carbocycles. The van der Waals surface area contributed by atoms with Gasteiger partial charge in [-0.05, 0) is 88.1 Å². The van der Waals surface area contributed by atoms with E-state index in [-0.39, 0.29) is 12.5 Å². The highest BCUT2D eigenvalue weighted by atomic mass is 35.5. The van der Waals surface area contributed by atoms with Crippen molar-refractivity contribution in [3.63, 3.8) is 0 Å². The summed E-state index contributed by atoms with van der Waals surface area (Å²) in [5.41, 5.74) is 4.83. The molecule has 0 fully saturated rings. The highest BCUT2D eigenvalue weighted by Gasteiger charge is 2.17. The minimum atomic E-state index is -0.473. The number of amides is 1. The van der Waals surface area contributed by atoms with Crippen molar-refractivity contribution in [2.24, 2.45) is 11.8 Å². The van der Waals surface area contributed by atoms with E-state index in [1.54, 1.807) is 23.2 Å². The first-order valence-corrected chi connectivity index (χ1v) is 18.9. The summed E-state index contributed by atoms with van der Waals surface area (Å²) in [4.78, 5) is 16.7. The summed E-state index contributed by atoms with van der Waals surface area (Å²) >= 11 is 12.4. The Kier molecular flexibility index (Phi) is 16.4. The second kappa shape index (κ2) is 20.9. The van der Waals surface area contributed by atoms with Gasteiger partial charge in [0.15, 0.2) is 6.29 Å². The Balaban J connectivity index is 0.000000246. The van der Waals surface area contributed by atoms with Gasteiger partial charge in [0.05, 0.1) is 39.0 Å². The Morgan fingerprint density at radius 1 is 0.796 bits per heavy atom. The summed E-state index contributed by atoms with van der Waals surface area (Å²) in [6, 6.07) is 14.9. The molecule has 1 N–H and O–H groups in total. The summed E-state index contributed by atoms with van der Waals surface area (Å²) in [6.07, 6.45) is 2.68. The fourth-order valence-electron chi connectivity index (χ4n) is 5.17. The molecule has 0 aliphatic rings. The zero-order valence-corrected chi connectivity index (χ0v) is 33.9. The van der Waals surface area contributed by atoms with Crippen LogP contribution in [0.15, 0.2) is 65.4 Å². The van der Waals surface area contributed by atoms with Gasteiger partial charge in [0.2, 0.25) is 5.89 Å². The Labute approximate surface area is 328 Å². The topological polar surface area (TPSA) is 128 Å². The van der Waals surface area contributed by atoms with Gasteiger partial charge in [-0.3, -0.25) is 14.2 Å². The minimum Gasteiger partial charge on any atom is -0.493 e. The molecular formula is C40H52Cl2N6O6. The number of ether oxygens (including phenoxy) is 4. The van der Waals surface area contributed by atoms with Gasteiger partial charge in [0.25, 0.3) is 5.91 Å². The van der Waals surface area contributed by atoms with Gasteiger partial charge in [0.1, 0.15) is 29.2 Å². The number of nitrogens with zero attached hydrogens (tertiary/aromatic N) is 5. The van der Waals surface area contributed by atoms with Crippen LogP contribution in [-0.2, 0) is 22.6 Å². The molecule has 3 aromatic heterocycles. The van der Waals surface area contributed by atoms with Gasteiger partial charge >= 0.3 is 0 Å². The predicted octanol–water partition coefficient (Wildman–Crippen LogP) is 8.64. The standard InChI is InChI=1S/C22H32ClN3O4.C18H20ClN3O2/c1-6-28-21(29-7-2)12-24-22(27)19-10-16(5)26(25-19)13-17-11-18(23)8-9-20(17)30-14-15(3)4;1-12(2)11-24-17-5-4-15(19)9-14(17)10-22-13(3)8-16(21-22)18-20-6-7-23-18/h8-11,15,21H,6-7,12-14H2,1-5H3,(H,24,27);4-9,12H,10-11H2,1-3H3. The molecule has 0 saturated heterocycles. The van der Waals surface area contributed by atoms with E-state index in [9.17, 15) is 4.79 Å². The molecule has 0 spiro atoms. The molecule has 5 rings (SSSR count). The lowest BCUT2D eigenvalue weighted by molar-refractivity contribution is -0.131. The molecule has 0 bridgehead atoms. The first-order chi connectivity index (χ1) is 25.9. The molecule has 0 radical (unpaired) electrons. The molecule has 0 unspecified atom stereocenters. The maximum atomic E-state index is 12.5. The van der Waals surface area contributed by atoms with Gasteiger partial charge in [-0.15, -0.1) is 0 Å². The number of rotatable bonds is 18. The fourth-order valence-corrected chi connectivity index (χ4v) is 5.56. The van der Waals surface area contributed by atoms with Crippen LogP contribution in [0.25, 0.3) is 11.6 Å². The largest absolute Gasteiger partial charge is 0.493 e. The molecule has 1 amide bonds. The Morgan fingerprint density at radius 3 is 1.83 bits per heavy atom. The number of carbonyl (C=O) groups excluding carboxylic acids is 1. The van der Waals surface area contributed by atoms with Crippen LogP contribution in [-0.4, -0.2) is 69.7 Å². The number of nitrogens with one attached hydrogen (secondary N) is 1. The predicted molar refractivity (Wildman–Crippen MR) is 211 cm³/mol. The quantitative estimate of drug-likeness (QED) is 0.0869. The Morgan fingerprint density at radius 2 is 1.33 bits per heavy atom. The van der Waals surface area contributed by atoms with Crippen molar-refractivity contribution in [2.75, 3.05) is 33.0 Å². The second-order valence-corrected chi connectivity index (χ2v) is 14.3. The second-order valence-electron chi connectivity index (χ2n) is 13.5. The van der Waals surface area contributed by atoms with Gasteiger partial charge in [-0.1, -0.05) is 50.9 Å². The first-order valence-electron chi connectivity index (χ1n) is 18.2. The smallest absolute Gasteiger partial charge is 0.271 e. The van der Waals surface area contributed by atoms with Crippen LogP contribution in [0.5, 0.6) is 11.5 Å². The van der Waals surface area contributed by atoms with E-state index < -0.39 is 6.29 Å². The number of carbonyl (C=O) groups is 1. The molecule has 14 heteroatoms. The van der Waals surface area contributed by atoms with Crippen LogP contribution in [0.2, 0.25) is 10.0 Å². The summed E-state index contributed by atoms with van der Waals surface area (Å²) in [7, 11) is 0. The third-order valence-electron chi connectivity index (χ3n) is 7.81. The normalized spacial score (nSPS) is 11.3. The van der Waals surface area contributed by atoms with Crippen molar-refractivity contribution in [1.29, 1.82) is 0 Å². The van der Waals surface area contributed by atoms with Gasteiger partial charge in [0, 0.05) is 45.8 Å². The van der Waals surface area contributed by atoms with Crippen LogP contribution in [0.1, 0.15) is 74.5 Å². The summed E-state index contributed by atoms with van der Waals surface area (Å²) in [5.74, 6) is 2.71. The highest BCUT2D eigenvalue weighted by Crippen LogP contribution is 2.27. The van der Waals surface area contributed by atoms with Crippen LogP contribution in [0, 0.1) is 25.7 Å². The number of halogens is 2.